The van der Waals surface area contributed by atoms with E-state index in [2.05, 4.69) is 44.3 Å². The molecule has 0 radical (unpaired) electrons. The smallest absolute Gasteiger partial charge is 0.121 e. The fourth-order valence-corrected chi connectivity index (χ4v) is 3.24. The van der Waals surface area contributed by atoms with Crippen LogP contribution >= 0.6 is 11.8 Å². The van der Waals surface area contributed by atoms with E-state index in [1.54, 1.807) is 0 Å². The summed E-state index contributed by atoms with van der Waals surface area (Å²) in [6, 6.07) is 8.92. The first-order chi connectivity index (χ1) is 8.63. The van der Waals surface area contributed by atoms with Crippen molar-refractivity contribution >= 4 is 17.4 Å². The highest BCUT2D eigenvalue weighted by atomic mass is 32.2. The van der Waals surface area contributed by atoms with E-state index in [1.165, 1.54) is 17.9 Å². The largest absolute Gasteiger partial charge is 0.493 e. The van der Waals surface area contributed by atoms with Crippen LogP contribution in [0.4, 0.5) is 5.69 Å². The number of benzene rings is 1. The van der Waals surface area contributed by atoms with Crippen LogP contribution in [0.25, 0.3) is 0 Å². The van der Waals surface area contributed by atoms with E-state index in [9.17, 15) is 0 Å². The first-order valence-corrected chi connectivity index (χ1v) is 7.79. The fourth-order valence-electron chi connectivity index (χ4n) is 2.09. The van der Waals surface area contributed by atoms with E-state index < -0.39 is 0 Å². The molecular formula is C15H23NOS. The van der Waals surface area contributed by atoms with Crippen molar-refractivity contribution in [2.45, 2.75) is 38.5 Å². The summed E-state index contributed by atoms with van der Waals surface area (Å²) in [5.74, 6) is 2.74. The predicted octanol–water partition coefficient (Wildman–Crippen LogP) is 4.03. The average Bonchev–Trinajstić information content (AvgIpc) is 2.73. The molecule has 0 amide bonds. The number of thioether (sulfide) groups is 1. The molecule has 3 heteroatoms. The van der Waals surface area contributed by atoms with Crippen molar-refractivity contribution < 1.29 is 4.74 Å². The second-order valence-corrected chi connectivity index (χ2v) is 6.93. The van der Waals surface area contributed by atoms with Crippen molar-refractivity contribution in [1.82, 2.24) is 0 Å². The van der Waals surface area contributed by atoms with Gasteiger partial charge in [-0.2, -0.15) is 11.8 Å². The van der Waals surface area contributed by atoms with Gasteiger partial charge in [0.15, 0.2) is 0 Å². The van der Waals surface area contributed by atoms with Crippen LogP contribution in [0.1, 0.15) is 27.2 Å². The molecule has 1 aliphatic heterocycles. The summed E-state index contributed by atoms with van der Waals surface area (Å²) in [7, 11) is 0. The van der Waals surface area contributed by atoms with Gasteiger partial charge in [0, 0.05) is 28.8 Å². The molecule has 1 saturated heterocycles. The summed E-state index contributed by atoms with van der Waals surface area (Å²) >= 11 is 2.05. The highest BCUT2D eigenvalue weighted by Gasteiger charge is 2.21. The lowest BCUT2D eigenvalue weighted by molar-refractivity contribution is 0.271. The van der Waals surface area contributed by atoms with Crippen LogP contribution in [0.15, 0.2) is 24.3 Å². The molecule has 1 N–H and O–H groups in total. The minimum atomic E-state index is 0.564. The van der Waals surface area contributed by atoms with Gasteiger partial charge in [-0.25, -0.2) is 0 Å². The van der Waals surface area contributed by atoms with Crippen LogP contribution in [0.3, 0.4) is 0 Å². The minimum Gasteiger partial charge on any atom is -0.493 e. The van der Waals surface area contributed by atoms with Crippen molar-refractivity contribution in [2.24, 2.45) is 5.92 Å². The van der Waals surface area contributed by atoms with E-state index in [4.69, 9.17) is 4.74 Å². The molecule has 0 spiro atoms. The average molecular weight is 265 g/mol. The summed E-state index contributed by atoms with van der Waals surface area (Å²) in [5, 5.41) is 4.38. The number of rotatable bonds is 5. The first kappa shape index (κ1) is 13.6. The van der Waals surface area contributed by atoms with E-state index in [-0.39, 0.29) is 0 Å². The van der Waals surface area contributed by atoms with Crippen molar-refractivity contribution in [3.05, 3.63) is 24.3 Å². The van der Waals surface area contributed by atoms with Crippen LogP contribution in [0, 0.1) is 5.92 Å². The number of hydrogen-bond acceptors (Lipinski definition) is 3. The zero-order valence-electron chi connectivity index (χ0n) is 11.5. The molecule has 2 unspecified atom stereocenters. The standard InChI is InChI=1S/C15H23NOS/c1-11(2)9-17-15-6-4-5-13(8-15)16-14-7-12(3)18-10-14/h4-6,8,11-12,14,16H,7,9-10H2,1-3H3. The van der Waals surface area contributed by atoms with E-state index in [0.29, 0.717) is 12.0 Å². The molecule has 0 saturated carbocycles. The maximum atomic E-state index is 5.75. The zero-order valence-corrected chi connectivity index (χ0v) is 12.3. The topological polar surface area (TPSA) is 21.3 Å². The number of hydrogen-bond donors (Lipinski definition) is 1. The minimum absolute atomic E-state index is 0.564. The van der Waals surface area contributed by atoms with E-state index in [1.807, 2.05) is 17.8 Å². The number of anilines is 1. The van der Waals surface area contributed by atoms with Gasteiger partial charge in [-0.15, -0.1) is 0 Å². The quantitative estimate of drug-likeness (QED) is 0.868. The SMILES string of the molecule is CC(C)COc1cccc(NC2CSC(C)C2)c1. The fraction of sp³-hybridized carbons (Fsp3) is 0.600. The first-order valence-electron chi connectivity index (χ1n) is 6.74. The van der Waals surface area contributed by atoms with E-state index in [0.717, 1.165) is 17.6 Å². The normalized spacial score (nSPS) is 23.3. The third kappa shape index (κ3) is 4.13. The number of ether oxygens (including phenoxy) is 1. The molecule has 0 aliphatic carbocycles. The van der Waals surface area contributed by atoms with Crippen molar-refractivity contribution in [2.75, 3.05) is 17.7 Å². The molecule has 0 aromatic heterocycles. The van der Waals surface area contributed by atoms with Gasteiger partial charge in [0.1, 0.15) is 5.75 Å². The Morgan fingerprint density at radius 3 is 2.94 bits per heavy atom. The molecule has 1 aliphatic rings. The molecule has 100 valence electrons. The summed E-state index contributed by atoms with van der Waals surface area (Å²) in [6.07, 6.45) is 1.25. The third-order valence-corrected chi connectivity index (χ3v) is 4.34. The van der Waals surface area contributed by atoms with Crippen LogP contribution in [0.2, 0.25) is 0 Å². The zero-order chi connectivity index (χ0) is 13.0. The predicted molar refractivity (Wildman–Crippen MR) is 80.7 cm³/mol. The molecule has 2 nitrogen and oxygen atoms in total. The molecule has 1 heterocycles. The molecule has 2 atom stereocenters. The monoisotopic (exact) mass is 265 g/mol. The van der Waals surface area contributed by atoms with Crippen LogP contribution in [-0.4, -0.2) is 23.7 Å². The maximum absolute atomic E-state index is 5.75. The summed E-state index contributed by atoms with van der Waals surface area (Å²) in [4.78, 5) is 0. The molecule has 1 aromatic rings. The molecule has 18 heavy (non-hydrogen) atoms. The number of nitrogens with one attached hydrogen (secondary N) is 1. The lowest BCUT2D eigenvalue weighted by Crippen LogP contribution is -2.18. The van der Waals surface area contributed by atoms with Crippen LogP contribution < -0.4 is 10.1 Å². The Labute approximate surface area is 114 Å². The van der Waals surface area contributed by atoms with Crippen molar-refractivity contribution in [3.63, 3.8) is 0 Å². The lowest BCUT2D eigenvalue weighted by Gasteiger charge is -2.15. The van der Waals surface area contributed by atoms with Crippen LogP contribution in [0.5, 0.6) is 5.75 Å². The molecule has 1 fully saturated rings. The third-order valence-electron chi connectivity index (χ3n) is 2.99. The summed E-state index contributed by atoms with van der Waals surface area (Å²) < 4.78 is 5.75. The van der Waals surface area contributed by atoms with Gasteiger partial charge in [-0.05, 0) is 24.5 Å². The Balaban J connectivity index is 1.90. The molecule has 1 aromatic carbocycles. The Kier molecular flexibility index (Phi) is 4.81. The molecule has 2 rings (SSSR count). The lowest BCUT2D eigenvalue weighted by atomic mass is 10.2. The van der Waals surface area contributed by atoms with Gasteiger partial charge in [0.25, 0.3) is 0 Å². The summed E-state index contributed by atoms with van der Waals surface area (Å²) in [6.45, 7) is 7.41. The highest BCUT2D eigenvalue weighted by Crippen LogP contribution is 2.29. The van der Waals surface area contributed by atoms with E-state index >= 15 is 0 Å². The Bertz CT molecular complexity index is 381. The molecular weight excluding hydrogens is 242 g/mol. The Morgan fingerprint density at radius 1 is 1.44 bits per heavy atom. The van der Waals surface area contributed by atoms with Crippen molar-refractivity contribution in [3.8, 4) is 5.75 Å². The van der Waals surface area contributed by atoms with Gasteiger partial charge < -0.3 is 10.1 Å². The van der Waals surface area contributed by atoms with Gasteiger partial charge in [0.2, 0.25) is 0 Å². The van der Waals surface area contributed by atoms with Gasteiger partial charge >= 0.3 is 0 Å². The van der Waals surface area contributed by atoms with Gasteiger partial charge in [-0.1, -0.05) is 26.8 Å². The molecule has 0 bridgehead atoms. The van der Waals surface area contributed by atoms with Crippen LogP contribution in [-0.2, 0) is 0 Å². The van der Waals surface area contributed by atoms with Gasteiger partial charge in [0.05, 0.1) is 6.61 Å². The second-order valence-electron chi connectivity index (χ2n) is 5.45. The maximum Gasteiger partial charge on any atom is 0.121 e. The summed E-state index contributed by atoms with van der Waals surface area (Å²) in [5.41, 5.74) is 1.18. The Hall–Kier alpha value is -0.830. The second kappa shape index (κ2) is 6.37. The highest BCUT2D eigenvalue weighted by molar-refractivity contribution is 8.00. The van der Waals surface area contributed by atoms with Gasteiger partial charge in [-0.3, -0.25) is 0 Å². The Morgan fingerprint density at radius 2 is 2.28 bits per heavy atom. The van der Waals surface area contributed by atoms with Crippen molar-refractivity contribution in [1.29, 1.82) is 0 Å².